The molecule has 5 N–H and O–H groups in total. The first-order chi connectivity index (χ1) is 13.6. The molecule has 0 radical (unpaired) electrons. The number of likely N-dealkylation sites (tertiary alicyclic amines) is 1. The molecule has 1 saturated heterocycles. The van der Waals surface area contributed by atoms with Gasteiger partial charge in [0.2, 0.25) is 0 Å². The van der Waals surface area contributed by atoms with Crippen LogP contribution in [0.25, 0.3) is 0 Å². The Morgan fingerprint density at radius 3 is 2.48 bits per heavy atom. The summed E-state index contributed by atoms with van der Waals surface area (Å²) in [4.78, 5) is 2.25. The molecule has 5 saturated carbocycles. The van der Waals surface area contributed by atoms with Gasteiger partial charge in [0.15, 0.2) is 0 Å². The number of ether oxygens (including phenoxy) is 1. The zero-order valence-electron chi connectivity index (χ0n) is 17.6. The minimum absolute atomic E-state index is 0.00662. The maximum Gasteiger partial charge on any atom is 0.129 e. The third-order valence-electron chi connectivity index (χ3n) is 10.9. The van der Waals surface area contributed by atoms with E-state index in [4.69, 9.17) is 4.74 Å². The Morgan fingerprint density at radius 2 is 1.83 bits per heavy atom. The molecule has 7 heteroatoms. The SMILES string of the molecule is CCN1C[C@]2(C)CC[C@H](O)[C@@]34[C@@H]2C[C@](O)([C@@H]13)[C@@]1(O)C[C@H](OC)[C@H]2C[C@@H]4[C@]1(O)[C@H]2O. The van der Waals surface area contributed by atoms with Crippen LogP contribution < -0.4 is 0 Å². The summed E-state index contributed by atoms with van der Waals surface area (Å²) < 4.78 is 5.66. The summed E-state index contributed by atoms with van der Waals surface area (Å²) in [6, 6.07) is -0.426. The van der Waals surface area contributed by atoms with E-state index in [1.807, 2.05) is 0 Å². The van der Waals surface area contributed by atoms with Gasteiger partial charge in [-0.25, -0.2) is 0 Å². The van der Waals surface area contributed by atoms with Crippen molar-refractivity contribution in [3.63, 3.8) is 0 Å². The fourth-order valence-electron chi connectivity index (χ4n) is 10.1. The van der Waals surface area contributed by atoms with Gasteiger partial charge in [-0.2, -0.15) is 0 Å². The average Bonchev–Trinajstić information content (AvgIpc) is 3.04. The summed E-state index contributed by atoms with van der Waals surface area (Å²) >= 11 is 0. The quantitative estimate of drug-likeness (QED) is 0.417. The second-order valence-corrected chi connectivity index (χ2v) is 11.4. The van der Waals surface area contributed by atoms with E-state index in [2.05, 4.69) is 18.7 Å². The highest BCUT2D eigenvalue weighted by Crippen LogP contribution is 2.80. The molecule has 29 heavy (non-hydrogen) atoms. The summed E-state index contributed by atoms with van der Waals surface area (Å²) in [5, 5.41) is 59.4. The minimum Gasteiger partial charge on any atom is -0.392 e. The lowest BCUT2D eigenvalue weighted by atomic mass is 9.41. The molecule has 1 spiro atoms. The first-order valence-corrected chi connectivity index (χ1v) is 11.4. The molecule has 12 atom stereocenters. The van der Waals surface area contributed by atoms with Crippen molar-refractivity contribution < 1.29 is 30.3 Å². The molecule has 6 rings (SSSR count). The number of fused-ring (bicyclic) bond motifs is 2. The second kappa shape index (κ2) is 5.20. The lowest BCUT2D eigenvalue weighted by Crippen LogP contribution is -2.87. The Bertz CT molecular complexity index is 766. The first kappa shape index (κ1) is 19.4. The van der Waals surface area contributed by atoms with Crippen molar-refractivity contribution in [1.29, 1.82) is 0 Å². The van der Waals surface area contributed by atoms with E-state index in [0.29, 0.717) is 25.8 Å². The van der Waals surface area contributed by atoms with Crippen LogP contribution in [0, 0.1) is 28.6 Å². The molecule has 0 aromatic heterocycles. The number of likely N-dealkylation sites (N-methyl/N-ethyl adjacent to an activating group) is 1. The average molecular weight is 410 g/mol. The molecule has 7 nitrogen and oxygen atoms in total. The van der Waals surface area contributed by atoms with E-state index in [9.17, 15) is 25.5 Å². The van der Waals surface area contributed by atoms with Crippen LogP contribution in [0.4, 0.5) is 0 Å². The summed E-state index contributed by atoms with van der Waals surface area (Å²) in [6.07, 6.45) is 0.207. The molecule has 164 valence electrons. The predicted molar refractivity (Wildman–Crippen MR) is 103 cm³/mol. The Kier molecular flexibility index (Phi) is 3.48. The molecule has 6 aliphatic rings. The number of aliphatic hydroxyl groups is 5. The molecular formula is C22H35NO6. The second-order valence-electron chi connectivity index (χ2n) is 11.4. The molecule has 7 bridgehead atoms. The highest BCUT2D eigenvalue weighted by Gasteiger charge is 2.91. The van der Waals surface area contributed by atoms with Gasteiger partial charge in [-0.1, -0.05) is 13.8 Å². The van der Waals surface area contributed by atoms with E-state index in [0.717, 1.165) is 13.0 Å². The van der Waals surface area contributed by atoms with E-state index in [-0.39, 0.29) is 23.7 Å². The van der Waals surface area contributed by atoms with E-state index in [1.165, 1.54) is 0 Å². The van der Waals surface area contributed by atoms with Crippen LogP contribution in [0.5, 0.6) is 0 Å². The van der Waals surface area contributed by atoms with Crippen molar-refractivity contribution in [2.75, 3.05) is 20.2 Å². The molecule has 1 aliphatic heterocycles. The van der Waals surface area contributed by atoms with E-state index < -0.39 is 52.5 Å². The number of piperidine rings is 1. The zero-order valence-corrected chi connectivity index (χ0v) is 17.6. The minimum atomic E-state index is -1.87. The smallest absolute Gasteiger partial charge is 0.129 e. The Morgan fingerprint density at radius 1 is 1.10 bits per heavy atom. The van der Waals surface area contributed by atoms with Gasteiger partial charge < -0.3 is 30.3 Å². The Hall–Kier alpha value is -0.280. The first-order valence-electron chi connectivity index (χ1n) is 11.4. The Labute approximate surface area is 171 Å². The number of methoxy groups -OCH3 is 1. The van der Waals surface area contributed by atoms with Crippen LogP contribution in [0.2, 0.25) is 0 Å². The highest BCUT2D eigenvalue weighted by molar-refractivity contribution is 5.42. The van der Waals surface area contributed by atoms with Crippen LogP contribution in [-0.2, 0) is 4.74 Å². The molecular weight excluding hydrogens is 374 g/mol. The highest BCUT2D eigenvalue weighted by atomic mass is 16.5. The maximum absolute atomic E-state index is 12.3. The van der Waals surface area contributed by atoms with Gasteiger partial charge in [-0.05, 0) is 43.6 Å². The number of hydrogen-bond donors (Lipinski definition) is 5. The third kappa shape index (κ3) is 1.61. The standard InChI is InChI=1S/C22H35NO6/c1-4-23-10-18(2)6-5-15(24)21-13-7-11-12(29-3)8-20(27,22(13,28)16(11)25)19(26,17(21)23)9-14(18)21/h11-17,24-28H,4-10H2,1-3H3/t11-,12+,13+,14-,15+,16+,17-,18+,19+,20+,21-,22+/m1/s1. The largest absolute Gasteiger partial charge is 0.392 e. The Balaban J connectivity index is 1.67. The normalized spacial score (nSPS) is 67.7. The van der Waals surface area contributed by atoms with Crippen molar-refractivity contribution >= 4 is 0 Å². The molecule has 0 aromatic rings. The number of aliphatic hydroxyl groups excluding tert-OH is 2. The molecule has 0 amide bonds. The lowest BCUT2D eigenvalue weighted by molar-refractivity contribution is -0.364. The number of hydrogen-bond acceptors (Lipinski definition) is 7. The zero-order chi connectivity index (χ0) is 20.8. The third-order valence-corrected chi connectivity index (χ3v) is 10.9. The van der Waals surface area contributed by atoms with Gasteiger partial charge in [-0.3, -0.25) is 4.90 Å². The van der Waals surface area contributed by atoms with Crippen molar-refractivity contribution in [3.8, 4) is 0 Å². The van der Waals surface area contributed by atoms with Crippen LogP contribution in [0.15, 0.2) is 0 Å². The maximum atomic E-state index is 12.3. The van der Waals surface area contributed by atoms with Crippen molar-refractivity contribution in [2.45, 2.75) is 87.1 Å². The van der Waals surface area contributed by atoms with Crippen molar-refractivity contribution in [2.24, 2.45) is 28.6 Å². The topological polar surface area (TPSA) is 114 Å². The number of rotatable bonds is 2. The monoisotopic (exact) mass is 409 g/mol. The summed E-state index contributed by atoms with van der Waals surface area (Å²) in [7, 11) is 1.57. The molecule has 0 unspecified atom stereocenters. The predicted octanol–water partition coefficient (Wildman–Crippen LogP) is -0.520. The summed E-state index contributed by atoms with van der Waals surface area (Å²) in [5.74, 6) is -0.766. The van der Waals surface area contributed by atoms with Gasteiger partial charge >= 0.3 is 0 Å². The molecule has 5 aliphatic carbocycles. The molecule has 6 fully saturated rings. The summed E-state index contributed by atoms with van der Waals surface area (Å²) in [6.45, 7) is 5.86. The van der Waals surface area contributed by atoms with Crippen molar-refractivity contribution in [1.82, 2.24) is 4.90 Å². The van der Waals surface area contributed by atoms with E-state index >= 15 is 0 Å². The molecule has 1 heterocycles. The van der Waals surface area contributed by atoms with Crippen LogP contribution >= 0.6 is 0 Å². The van der Waals surface area contributed by atoms with E-state index in [1.54, 1.807) is 7.11 Å². The van der Waals surface area contributed by atoms with Crippen LogP contribution in [0.3, 0.4) is 0 Å². The molecule has 0 aromatic carbocycles. The lowest BCUT2D eigenvalue weighted by Gasteiger charge is -2.71. The fraction of sp³-hybridized carbons (Fsp3) is 1.00. The van der Waals surface area contributed by atoms with Gasteiger partial charge in [0.05, 0.1) is 24.4 Å². The number of nitrogens with zero attached hydrogens (tertiary/aromatic N) is 1. The fourth-order valence-corrected chi connectivity index (χ4v) is 10.1. The summed E-state index contributed by atoms with van der Waals surface area (Å²) in [5.41, 5.74) is -6.12. The van der Waals surface area contributed by atoms with Gasteiger partial charge in [0.25, 0.3) is 0 Å². The van der Waals surface area contributed by atoms with Gasteiger partial charge in [0, 0.05) is 37.3 Å². The van der Waals surface area contributed by atoms with Crippen LogP contribution in [0.1, 0.15) is 46.0 Å². The van der Waals surface area contributed by atoms with Gasteiger partial charge in [-0.15, -0.1) is 0 Å². The van der Waals surface area contributed by atoms with Crippen LogP contribution in [-0.4, -0.2) is 91.8 Å². The van der Waals surface area contributed by atoms with Crippen molar-refractivity contribution in [3.05, 3.63) is 0 Å². The van der Waals surface area contributed by atoms with Gasteiger partial charge in [0.1, 0.15) is 16.8 Å².